The Morgan fingerprint density at radius 3 is 2.44 bits per heavy atom. The molecule has 0 radical (unpaired) electrons. The van der Waals surface area contributed by atoms with Gasteiger partial charge in [0.05, 0.1) is 29.8 Å². The lowest BCUT2D eigenvalue weighted by Crippen LogP contribution is -2.51. The average Bonchev–Trinajstić information content (AvgIpc) is 2.88. The van der Waals surface area contributed by atoms with Crippen molar-refractivity contribution in [2.45, 2.75) is 115 Å². The standard InChI is InChI=1S/C29H47F2NO9/c1-18-15-22(41-20(3)19(18)2)26(38)27(39)32-24(40-17-33)13-14-29(30,31)28(4,5)23(35)16-21(34)11-9-7-6-8-10-12-25(36)37/h6,8,10,12,19-24,26,33-35,38H,1,7,9,11,13-17H2,2-5H3,(H,32,39)(H,36,37)/b8-6+,12-10+/t19-,20?,21?,22?,23?,24?,26?/m1/s1. The molecule has 0 spiro atoms. The normalized spacial score (nSPS) is 23.5. The maximum Gasteiger partial charge on any atom is 0.328 e. The molecule has 6 unspecified atom stereocenters. The number of aliphatic carboxylic acids is 1. The van der Waals surface area contributed by atoms with Gasteiger partial charge < -0.3 is 40.3 Å². The first-order chi connectivity index (χ1) is 19.0. The van der Waals surface area contributed by atoms with E-state index in [4.69, 9.17) is 14.6 Å². The van der Waals surface area contributed by atoms with Gasteiger partial charge in [-0.25, -0.2) is 13.6 Å². The molecular weight excluding hydrogens is 544 g/mol. The summed E-state index contributed by atoms with van der Waals surface area (Å²) in [5, 5.41) is 51.4. The molecule has 1 heterocycles. The minimum absolute atomic E-state index is 0.0469. The molecule has 1 aliphatic heterocycles. The topological polar surface area (TPSA) is 166 Å². The van der Waals surface area contributed by atoms with Crippen LogP contribution < -0.4 is 5.32 Å². The average molecular weight is 592 g/mol. The molecule has 12 heteroatoms. The quantitative estimate of drug-likeness (QED) is 0.0462. The van der Waals surface area contributed by atoms with Crippen LogP contribution >= 0.6 is 0 Å². The van der Waals surface area contributed by atoms with Crippen LogP contribution in [0.25, 0.3) is 0 Å². The molecule has 6 N–H and O–H groups in total. The van der Waals surface area contributed by atoms with E-state index in [9.17, 15) is 30.0 Å². The summed E-state index contributed by atoms with van der Waals surface area (Å²) >= 11 is 0. The minimum Gasteiger partial charge on any atom is -0.478 e. The van der Waals surface area contributed by atoms with Gasteiger partial charge in [0.1, 0.15) is 13.0 Å². The van der Waals surface area contributed by atoms with Crippen LogP contribution in [0.5, 0.6) is 0 Å². The molecule has 0 aromatic carbocycles. The molecule has 1 rings (SSSR count). The summed E-state index contributed by atoms with van der Waals surface area (Å²) in [4.78, 5) is 23.0. The van der Waals surface area contributed by atoms with Crippen molar-refractivity contribution in [2.75, 3.05) is 6.79 Å². The van der Waals surface area contributed by atoms with Gasteiger partial charge in [-0.2, -0.15) is 0 Å². The fourth-order valence-electron chi connectivity index (χ4n) is 4.44. The first kappa shape index (κ1) is 36.8. The van der Waals surface area contributed by atoms with Crippen LogP contribution in [0.3, 0.4) is 0 Å². The molecule has 10 nitrogen and oxygen atoms in total. The van der Waals surface area contributed by atoms with Gasteiger partial charge in [-0.1, -0.05) is 51.2 Å². The van der Waals surface area contributed by atoms with E-state index in [2.05, 4.69) is 11.9 Å². The number of unbranched alkanes of at least 4 members (excludes halogenated alkanes) is 1. The smallest absolute Gasteiger partial charge is 0.328 e. The first-order valence-corrected chi connectivity index (χ1v) is 13.9. The molecule has 0 aromatic heterocycles. The molecular formula is C29H47F2NO9. The molecule has 236 valence electrons. The Morgan fingerprint density at radius 2 is 1.85 bits per heavy atom. The summed E-state index contributed by atoms with van der Waals surface area (Å²) in [5.74, 6) is -5.38. The van der Waals surface area contributed by atoms with E-state index in [1.54, 1.807) is 19.1 Å². The second kappa shape index (κ2) is 17.0. The Morgan fingerprint density at radius 1 is 1.20 bits per heavy atom. The molecule has 0 saturated carbocycles. The van der Waals surface area contributed by atoms with Crippen LogP contribution in [0, 0.1) is 11.3 Å². The van der Waals surface area contributed by atoms with Gasteiger partial charge in [0.2, 0.25) is 0 Å². The lowest BCUT2D eigenvalue weighted by atomic mass is 9.75. The fraction of sp³-hybridized carbons (Fsp3) is 0.724. The van der Waals surface area contributed by atoms with Gasteiger partial charge in [-0.3, -0.25) is 4.79 Å². The van der Waals surface area contributed by atoms with Gasteiger partial charge in [0.15, 0.2) is 6.10 Å². The zero-order chi connectivity index (χ0) is 31.4. The number of carboxylic acid groups (broad SMARTS) is 1. The number of aliphatic hydroxyl groups excluding tert-OH is 4. The van der Waals surface area contributed by atoms with Gasteiger partial charge in [-0.05, 0) is 45.4 Å². The predicted molar refractivity (Wildman–Crippen MR) is 148 cm³/mol. The summed E-state index contributed by atoms with van der Waals surface area (Å²) in [6.45, 7) is 9.17. The minimum atomic E-state index is -3.46. The number of ether oxygens (including phenoxy) is 2. The number of hydrogen-bond donors (Lipinski definition) is 6. The Balaban J connectivity index is 2.66. The number of rotatable bonds is 18. The molecule has 1 fully saturated rings. The summed E-state index contributed by atoms with van der Waals surface area (Å²) < 4.78 is 41.3. The number of alkyl halides is 2. The number of aliphatic hydroxyl groups is 4. The summed E-state index contributed by atoms with van der Waals surface area (Å²) in [7, 11) is 0. The number of carboxylic acids is 1. The summed E-state index contributed by atoms with van der Waals surface area (Å²) in [6.07, 6.45) is -1.07. The zero-order valence-electron chi connectivity index (χ0n) is 24.3. The van der Waals surface area contributed by atoms with Crippen molar-refractivity contribution in [3.8, 4) is 0 Å². The van der Waals surface area contributed by atoms with Crippen LogP contribution in [0.1, 0.15) is 72.6 Å². The predicted octanol–water partition coefficient (Wildman–Crippen LogP) is 3.05. The lowest BCUT2D eigenvalue weighted by Gasteiger charge is -2.39. The third kappa shape index (κ3) is 11.9. The Bertz CT molecular complexity index is 909. The molecule has 41 heavy (non-hydrogen) atoms. The van der Waals surface area contributed by atoms with E-state index in [1.807, 2.05) is 6.92 Å². The van der Waals surface area contributed by atoms with Crippen molar-refractivity contribution in [3.05, 3.63) is 36.5 Å². The van der Waals surface area contributed by atoms with Crippen molar-refractivity contribution < 1.29 is 53.4 Å². The molecule has 0 bridgehead atoms. The van der Waals surface area contributed by atoms with E-state index < -0.39 is 73.5 Å². The third-order valence-electron chi connectivity index (χ3n) is 7.79. The molecule has 1 amide bonds. The van der Waals surface area contributed by atoms with Crippen LogP contribution in [0.15, 0.2) is 36.5 Å². The maximum absolute atomic E-state index is 15.3. The Hall–Kier alpha value is -2.22. The highest BCUT2D eigenvalue weighted by atomic mass is 19.3. The monoisotopic (exact) mass is 591 g/mol. The van der Waals surface area contributed by atoms with Gasteiger partial charge >= 0.3 is 5.97 Å². The second-order valence-electron chi connectivity index (χ2n) is 11.2. The Labute approximate surface area is 240 Å². The number of allylic oxidation sites excluding steroid dienone is 3. The van der Waals surface area contributed by atoms with E-state index >= 15 is 8.78 Å². The van der Waals surface area contributed by atoms with Crippen molar-refractivity contribution in [1.29, 1.82) is 0 Å². The summed E-state index contributed by atoms with van der Waals surface area (Å²) in [6, 6.07) is 0. The highest BCUT2D eigenvalue weighted by Gasteiger charge is 2.51. The van der Waals surface area contributed by atoms with E-state index in [0.29, 0.717) is 12.8 Å². The molecule has 0 aliphatic carbocycles. The second-order valence-corrected chi connectivity index (χ2v) is 11.2. The lowest BCUT2D eigenvalue weighted by molar-refractivity contribution is -0.176. The fourth-order valence-corrected chi connectivity index (χ4v) is 4.44. The SMILES string of the molecule is C=C1CC(C(O)C(=O)NC(CCC(F)(F)C(C)(C)C(O)CC(O)CCC/C=C/C=C/C(=O)O)OCO)OC(C)[C@@H]1C. The molecule has 1 saturated heterocycles. The van der Waals surface area contributed by atoms with Crippen LogP contribution in [0.4, 0.5) is 8.78 Å². The van der Waals surface area contributed by atoms with Gasteiger partial charge in [-0.15, -0.1) is 0 Å². The van der Waals surface area contributed by atoms with Gasteiger partial charge in [0, 0.05) is 18.4 Å². The van der Waals surface area contributed by atoms with Crippen molar-refractivity contribution in [3.63, 3.8) is 0 Å². The number of nitrogens with one attached hydrogen (secondary N) is 1. The van der Waals surface area contributed by atoms with E-state index in [-0.39, 0.29) is 31.3 Å². The first-order valence-electron chi connectivity index (χ1n) is 13.9. The third-order valence-corrected chi connectivity index (χ3v) is 7.79. The summed E-state index contributed by atoms with van der Waals surface area (Å²) in [5.41, 5.74) is -1.14. The van der Waals surface area contributed by atoms with E-state index in [0.717, 1.165) is 11.6 Å². The Kier molecular flexibility index (Phi) is 15.3. The maximum atomic E-state index is 15.3. The number of hydrogen-bond acceptors (Lipinski definition) is 8. The van der Waals surface area contributed by atoms with Crippen molar-refractivity contribution in [1.82, 2.24) is 5.32 Å². The number of halogens is 2. The highest BCUT2D eigenvalue weighted by Crippen LogP contribution is 2.44. The highest BCUT2D eigenvalue weighted by molar-refractivity contribution is 5.81. The number of carbonyl (C=O) groups excluding carboxylic acids is 1. The van der Waals surface area contributed by atoms with Crippen molar-refractivity contribution >= 4 is 11.9 Å². The molecule has 0 aromatic rings. The number of carbonyl (C=O) groups is 2. The largest absolute Gasteiger partial charge is 0.478 e. The van der Waals surface area contributed by atoms with Crippen LogP contribution in [-0.2, 0) is 19.1 Å². The van der Waals surface area contributed by atoms with Crippen LogP contribution in [0.2, 0.25) is 0 Å². The van der Waals surface area contributed by atoms with E-state index in [1.165, 1.54) is 19.9 Å². The number of amides is 1. The van der Waals surface area contributed by atoms with Crippen LogP contribution in [-0.4, -0.2) is 86.9 Å². The molecule has 1 aliphatic rings. The van der Waals surface area contributed by atoms with Crippen molar-refractivity contribution in [2.24, 2.45) is 11.3 Å². The molecule has 7 atom stereocenters. The van der Waals surface area contributed by atoms with Gasteiger partial charge in [0.25, 0.3) is 11.8 Å². The zero-order valence-corrected chi connectivity index (χ0v) is 24.3.